The maximum atomic E-state index is 11.0. The molecule has 1 aromatic heterocycles. The summed E-state index contributed by atoms with van der Waals surface area (Å²) in [5, 5.41) is 16.5. The fourth-order valence-electron chi connectivity index (χ4n) is 1.38. The molecular formula is C10H18N2O4S. The standard InChI is InChI=1S/C10H18N2O4S/c1-8(3-2-6-13)12-7-9-4-5-10(16-9)17(11,14)15/h4-5,8,12-13H,2-3,6-7H2,1H3,(H2,11,14,15). The van der Waals surface area contributed by atoms with Gasteiger partial charge in [0.1, 0.15) is 5.76 Å². The number of sulfonamides is 1. The molecule has 1 unspecified atom stereocenters. The van der Waals surface area contributed by atoms with Gasteiger partial charge in [0.05, 0.1) is 6.54 Å². The molecule has 1 heterocycles. The van der Waals surface area contributed by atoms with Gasteiger partial charge in [0.15, 0.2) is 0 Å². The molecule has 0 spiro atoms. The summed E-state index contributed by atoms with van der Waals surface area (Å²) in [5.74, 6) is 0.518. The minimum Gasteiger partial charge on any atom is -0.447 e. The highest BCUT2D eigenvalue weighted by molar-refractivity contribution is 7.89. The van der Waals surface area contributed by atoms with Crippen LogP contribution >= 0.6 is 0 Å². The van der Waals surface area contributed by atoms with Crippen LogP contribution in [0.4, 0.5) is 0 Å². The van der Waals surface area contributed by atoms with Crippen LogP contribution in [0.2, 0.25) is 0 Å². The molecule has 0 amide bonds. The van der Waals surface area contributed by atoms with Gasteiger partial charge in [-0.05, 0) is 31.9 Å². The minimum absolute atomic E-state index is 0.169. The molecule has 1 rings (SSSR count). The van der Waals surface area contributed by atoms with Crippen LogP contribution in [-0.4, -0.2) is 26.2 Å². The molecule has 1 aromatic rings. The summed E-state index contributed by atoms with van der Waals surface area (Å²) < 4.78 is 27.0. The lowest BCUT2D eigenvalue weighted by molar-refractivity contribution is 0.275. The largest absolute Gasteiger partial charge is 0.447 e. The first kappa shape index (κ1) is 14.2. The zero-order valence-electron chi connectivity index (χ0n) is 9.72. The Balaban J connectivity index is 2.45. The van der Waals surface area contributed by atoms with Gasteiger partial charge in [0, 0.05) is 12.6 Å². The summed E-state index contributed by atoms with van der Waals surface area (Å²) in [5.41, 5.74) is 0. The molecule has 0 aliphatic rings. The number of aliphatic hydroxyl groups is 1. The number of nitrogens with two attached hydrogens (primary N) is 1. The summed E-state index contributed by atoms with van der Waals surface area (Å²) in [4.78, 5) is 0. The van der Waals surface area contributed by atoms with Crippen LogP contribution < -0.4 is 10.5 Å². The van der Waals surface area contributed by atoms with Gasteiger partial charge < -0.3 is 14.8 Å². The monoisotopic (exact) mass is 262 g/mol. The van der Waals surface area contributed by atoms with Crippen LogP contribution in [0.15, 0.2) is 21.6 Å². The number of hydrogen-bond acceptors (Lipinski definition) is 5. The summed E-state index contributed by atoms with van der Waals surface area (Å²) in [6.07, 6.45) is 1.58. The number of rotatable bonds is 7. The lowest BCUT2D eigenvalue weighted by Gasteiger charge is -2.11. The molecule has 98 valence electrons. The van der Waals surface area contributed by atoms with Crippen molar-refractivity contribution in [2.45, 2.75) is 37.4 Å². The molecule has 7 heteroatoms. The first-order valence-electron chi connectivity index (χ1n) is 5.39. The molecular weight excluding hydrogens is 244 g/mol. The van der Waals surface area contributed by atoms with Gasteiger partial charge >= 0.3 is 0 Å². The van der Waals surface area contributed by atoms with E-state index in [4.69, 9.17) is 14.7 Å². The number of hydrogen-bond donors (Lipinski definition) is 3. The molecule has 17 heavy (non-hydrogen) atoms. The normalized spacial score (nSPS) is 13.8. The topological polar surface area (TPSA) is 106 Å². The maximum Gasteiger partial charge on any atom is 0.271 e. The van der Waals surface area contributed by atoms with Gasteiger partial charge in [0.2, 0.25) is 5.09 Å². The summed E-state index contributed by atoms with van der Waals surface area (Å²) >= 11 is 0. The van der Waals surface area contributed by atoms with E-state index in [2.05, 4.69) is 5.32 Å². The summed E-state index contributed by atoms with van der Waals surface area (Å²) in [6.45, 7) is 2.59. The molecule has 0 aromatic carbocycles. The van der Waals surface area contributed by atoms with Crippen molar-refractivity contribution in [3.05, 3.63) is 17.9 Å². The molecule has 0 aliphatic heterocycles. The lowest BCUT2D eigenvalue weighted by Crippen LogP contribution is -2.25. The van der Waals surface area contributed by atoms with E-state index in [0.29, 0.717) is 12.3 Å². The van der Waals surface area contributed by atoms with Crippen molar-refractivity contribution >= 4 is 10.0 Å². The second-order valence-corrected chi connectivity index (χ2v) is 5.41. The third-order valence-corrected chi connectivity index (χ3v) is 3.12. The van der Waals surface area contributed by atoms with Crippen LogP contribution in [0.25, 0.3) is 0 Å². The van der Waals surface area contributed by atoms with Crippen LogP contribution in [0.3, 0.4) is 0 Å². The smallest absolute Gasteiger partial charge is 0.271 e. The zero-order valence-corrected chi connectivity index (χ0v) is 10.5. The predicted octanol–water partition coefficient (Wildman–Crippen LogP) is 0.178. The molecule has 4 N–H and O–H groups in total. The van der Waals surface area contributed by atoms with Crippen LogP contribution in [0, 0.1) is 0 Å². The van der Waals surface area contributed by atoms with Crippen molar-refractivity contribution in [2.24, 2.45) is 5.14 Å². The Kier molecular flexibility index (Phi) is 5.13. The van der Waals surface area contributed by atoms with Crippen LogP contribution in [0.5, 0.6) is 0 Å². The third kappa shape index (κ3) is 4.86. The van der Waals surface area contributed by atoms with E-state index in [1.165, 1.54) is 6.07 Å². The zero-order chi connectivity index (χ0) is 12.9. The first-order chi connectivity index (χ1) is 7.93. The first-order valence-corrected chi connectivity index (χ1v) is 6.94. The average Bonchev–Trinajstić information content (AvgIpc) is 2.71. The van der Waals surface area contributed by atoms with Crippen LogP contribution in [0.1, 0.15) is 25.5 Å². The summed E-state index contributed by atoms with van der Waals surface area (Å²) in [7, 11) is -3.76. The van der Waals surface area contributed by atoms with E-state index in [1.807, 2.05) is 6.92 Å². The van der Waals surface area contributed by atoms with Gasteiger partial charge in [-0.2, -0.15) is 0 Å². The lowest BCUT2D eigenvalue weighted by atomic mass is 10.2. The van der Waals surface area contributed by atoms with E-state index in [9.17, 15) is 8.42 Å². The van der Waals surface area contributed by atoms with Gasteiger partial charge in [-0.25, -0.2) is 13.6 Å². The number of furan rings is 1. The molecule has 0 saturated heterocycles. The van der Waals surface area contributed by atoms with Crippen molar-refractivity contribution in [3.63, 3.8) is 0 Å². The minimum atomic E-state index is -3.76. The highest BCUT2D eigenvalue weighted by Gasteiger charge is 2.13. The second kappa shape index (κ2) is 6.15. The van der Waals surface area contributed by atoms with E-state index in [1.54, 1.807) is 6.07 Å². The highest BCUT2D eigenvalue weighted by Crippen LogP contribution is 2.12. The Morgan fingerprint density at radius 2 is 2.24 bits per heavy atom. The van der Waals surface area contributed by atoms with Gasteiger partial charge in [-0.15, -0.1) is 0 Å². The Labute approximate surface area is 101 Å². The van der Waals surface area contributed by atoms with Crippen molar-refractivity contribution in [2.75, 3.05) is 6.61 Å². The van der Waals surface area contributed by atoms with Crippen molar-refractivity contribution in [1.82, 2.24) is 5.32 Å². The number of primary sulfonamides is 1. The van der Waals surface area contributed by atoms with Crippen molar-refractivity contribution in [1.29, 1.82) is 0 Å². The highest BCUT2D eigenvalue weighted by atomic mass is 32.2. The van der Waals surface area contributed by atoms with E-state index in [0.717, 1.165) is 12.8 Å². The van der Waals surface area contributed by atoms with Gasteiger partial charge in [-0.1, -0.05) is 0 Å². The van der Waals surface area contributed by atoms with E-state index >= 15 is 0 Å². The molecule has 0 radical (unpaired) electrons. The SMILES string of the molecule is CC(CCCO)NCc1ccc(S(N)(=O)=O)o1. The quantitative estimate of drug-likeness (QED) is 0.650. The molecule has 1 atom stereocenters. The Hall–Kier alpha value is -0.890. The number of nitrogens with one attached hydrogen (secondary N) is 1. The van der Waals surface area contributed by atoms with Gasteiger partial charge in [0.25, 0.3) is 10.0 Å². The Morgan fingerprint density at radius 3 is 2.76 bits per heavy atom. The number of aliphatic hydroxyl groups excluding tert-OH is 1. The maximum absolute atomic E-state index is 11.0. The van der Waals surface area contributed by atoms with Crippen molar-refractivity contribution in [3.8, 4) is 0 Å². The molecule has 0 fully saturated rings. The molecule has 0 aliphatic carbocycles. The Bertz CT molecular complexity index is 441. The summed E-state index contributed by atoms with van der Waals surface area (Å²) in [6, 6.07) is 3.14. The van der Waals surface area contributed by atoms with E-state index in [-0.39, 0.29) is 17.7 Å². The average molecular weight is 262 g/mol. The molecule has 0 saturated carbocycles. The third-order valence-electron chi connectivity index (χ3n) is 2.34. The Morgan fingerprint density at radius 1 is 1.53 bits per heavy atom. The fraction of sp³-hybridized carbons (Fsp3) is 0.600. The molecule has 6 nitrogen and oxygen atoms in total. The molecule has 0 bridgehead atoms. The van der Waals surface area contributed by atoms with Crippen molar-refractivity contribution < 1.29 is 17.9 Å². The van der Waals surface area contributed by atoms with Gasteiger partial charge in [-0.3, -0.25) is 0 Å². The van der Waals surface area contributed by atoms with Crippen LogP contribution in [-0.2, 0) is 16.6 Å². The fourth-order valence-corrected chi connectivity index (χ4v) is 1.86. The predicted molar refractivity (Wildman–Crippen MR) is 62.7 cm³/mol. The second-order valence-electron chi connectivity index (χ2n) is 3.91. The van der Waals surface area contributed by atoms with E-state index < -0.39 is 10.0 Å².